The van der Waals surface area contributed by atoms with E-state index in [1.807, 2.05) is 12.3 Å². The van der Waals surface area contributed by atoms with E-state index < -0.39 is 11.9 Å². The van der Waals surface area contributed by atoms with Crippen molar-refractivity contribution in [1.29, 1.82) is 0 Å². The highest BCUT2D eigenvalue weighted by Crippen LogP contribution is 2.28. The molecule has 3 amide bonds. The second kappa shape index (κ2) is 5.44. The van der Waals surface area contributed by atoms with Gasteiger partial charge >= 0.3 is 0 Å². The molecule has 2 aliphatic heterocycles. The minimum absolute atomic E-state index is 0.112. The normalized spacial score (nSPS) is 21.4. The van der Waals surface area contributed by atoms with Gasteiger partial charge in [0.1, 0.15) is 6.04 Å². The Bertz CT molecular complexity index is 691. The van der Waals surface area contributed by atoms with E-state index in [0.717, 1.165) is 12.0 Å². The summed E-state index contributed by atoms with van der Waals surface area (Å²) >= 11 is 0. The van der Waals surface area contributed by atoms with Gasteiger partial charge in [0, 0.05) is 12.6 Å². The summed E-state index contributed by atoms with van der Waals surface area (Å²) in [5.74, 6) is -0.837. The zero-order valence-electron chi connectivity index (χ0n) is 13.7. The Kier molecular flexibility index (Phi) is 3.70. The molecule has 0 saturated carbocycles. The van der Waals surface area contributed by atoms with Crippen molar-refractivity contribution in [2.45, 2.75) is 52.6 Å². The van der Waals surface area contributed by atoms with Crippen molar-refractivity contribution in [2.24, 2.45) is 5.41 Å². The first-order valence-corrected chi connectivity index (χ1v) is 7.87. The van der Waals surface area contributed by atoms with Gasteiger partial charge in [-0.25, -0.2) is 0 Å². The standard InChI is InChI=1S/C17H21N3O3/c1-17(2,3)7-10-6-11-12(18-8-10)9-20(16(11)23)13-4-5-14(21)19-15(13)22/h6,8,13H,4-5,7,9H2,1-3H3,(H,19,21,22). The van der Waals surface area contributed by atoms with Gasteiger partial charge in [-0.05, 0) is 29.9 Å². The van der Waals surface area contributed by atoms with Crippen LogP contribution in [0, 0.1) is 5.41 Å². The lowest BCUT2D eigenvalue weighted by Crippen LogP contribution is -2.52. The topological polar surface area (TPSA) is 79.4 Å². The van der Waals surface area contributed by atoms with Crippen LogP contribution in [0.15, 0.2) is 12.3 Å². The largest absolute Gasteiger partial charge is 0.321 e. The van der Waals surface area contributed by atoms with Crippen LogP contribution in [0.25, 0.3) is 0 Å². The van der Waals surface area contributed by atoms with E-state index in [-0.39, 0.29) is 23.7 Å². The molecule has 3 rings (SSSR count). The van der Waals surface area contributed by atoms with Crippen LogP contribution in [0.3, 0.4) is 0 Å². The second-order valence-corrected chi connectivity index (χ2v) is 7.48. The number of pyridine rings is 1. The van der Waals surface area contributed by atoms with E-state index in [2.05, 4.69) is 31.1 Å². The molecule has 1 saturated heterocycles. The van der Waals surface area contributed by atoms with Crippen LogP contribution in [0.5, 0.6) is 0 Å². The molecule has 1 unspecified atom stereocenters. The maximum Gasteiger partial charge on any atom is 0.256 e. The van der Waals surface area contributed by atoms with E-state index in [1.165, 1.54) is 4.90 Å². The van der Waals surface area contributed by atoms with Gasteiger partial charge in [0.05, 0.1) is 17.8 Å². The van der Waals surface area contributed by atoms with Gasteiger partial charge in [-0.2, -0.15) is 0 Å². The molecule has 6 nitrogen and oxygen atoms in total. The number of imide groups is 1. The molecule has 0 aliphatic carbocycles. The summed E-state index contributed by atoms with van der Waals surface area (Å²) in [6.07, 6.45) is 3.28. The van der Waals surface area contributed by atoms with E-state index >= 15 is 0 Å². The number of nitrogens with one attached hydrogen (secondary N) is 1. The number of hydrogen-bond acceptors (Lipinski definition) is 4. The van der Waals surface area contributed by atoms with Gasteiger partial charge in [-0.1, -0.05) is 20.8 Å². The van der Waals surface area contributed by atoms with Gasteiger partial charge in [-0.15, -0.1) is 0 Å². The van der Waals surface area contributed by atoms with Crippen molar-refractivity contribution >= 4 is 17.7 Å². The summed E-state index contributed by atoms with van der Waals surface area (Å²) in [6.45, 7) is 6.74. The van der Waals surface area contributed by atoms with E-state index in [0.29, 0.717) is 24.2 Å². The Hall–Kier alpha value is -2.24. The molecule has 0 spiro atoms. The molecule has 0 bridgehead atoms. The number of carbonyl (C=O) groups is 3. The Morgan fingerprint density at radius 2 is 2.04 bits per heavy atom. The van der Waals surface area contributed by atoms with E-state index in [1.54, 1.807) is 0 Å². The lowest BCUT2D eigenvalue weighted by atomic mass is 9.88. The Morgan fingerprint density at radius 1 is 1.30 bits per heavy atom. The fraction of sp³-hybridized carbons (Fsp3) is 0.529. The first-order valence-electron chi connectivity index (χ1n) is 7.87. The average molecular weight is 315 g/mol. The summed E-state index contributed by atoms with van der Waals surface area (Å²) in [5.41, 5.74) is 2.42. The fourth-order valence-electron chi connectivity index (χ4n) is 3.18. The number of piperidine rings is 1. The lowest BCUT2D eigenvalue weighted by Gasteiger charge is -2.29. The van der Waals surface area contributed by atoms with Gasteiger partial charge in [0.25, 0.3) is 5.91 Å². The van der Waals surface area contributed by atoms with Crippen LogP contribution in [-0.2, 0) is 22.6 Å². The van der Waals surface area contributed by atoms with Crippen molar-refractivity contribution in [3.63, 3.8) is 0 Å². The maximum atomic E-state index is 12.7. The molecule has 3 heterocycles. The van der Waals surface area contributed by atoms with Crippen molar-refractivity contribution in [3.05, 3.63) is 29.1 Å². The van der Waals surface area contributed by atoms with Gasteiger partial charge in [-0.3, -0.25) is 24.7 Å². The molecule has 0 aromatic carbocycles. The SMILES string of the molecule is CC(C)(C)Cc1cnc2c(c1)C(=O)N(C1CCC(=O)NC1=O)C2. The summed E-state index contributed by atoms with van der Waals surface area (Å²) < 4.78 is 0. The van der Waals surface area contributed by atoms with E-state index in [4.69, 9.17) is 0 Å². The number of amides is 3. The highest BCUT2D eigenvalue weighted by atomic mass is 16.2. The molecule has 122 valence electrons. The Balaban J connectivity index is 1.82. The minimum atomic E-state index is -0.583. The first-order chi connectivity index (χ1) is 10.7. The Labute approximate surface area is 135 Å². The van der Waals surface area contributed by atoms with Crippen LogP contribution >= 0.6 is 0 Å². The summed E-state index contributed by atoms with van der Waals surface area (Å²) in [7, 11) is 0. The average Bonchev–Trinajstić information content (AvgIpc) is 2.74. The molecule has 1 N–H and O–H groups in total. The van der Waals surface area contributed by atoms with Crippen molar-refractivity contribution < 1.29 is 14.4 Å². The van der Waals surface area contributed by atoms with Crippen LogP contribution in [0.1, 0.15) is 55.2 Å². The molecule has 23 heavy (non-hydrogen) atoms. The van der Waals surface area contributed by atoms with Crippen molar-refractivity contribution in [1.82, 2.24) is 15.2 Å². The van der Waals surface area contributed by atoms with Gasteiger partial charge in [0.15, 0.2) is 0 Å². The third-order valence-electron chi connectivity index (χ3n) is 4.16. The van der Waals surface area contributed by atoms with Crippen LogP contribution in [-0.4, -0.2) is 33.6 Å². The minimum Gasteiger partial charge on any atom is -0.321 e. The summed E-state index contributed by atoms with van der Waals surface area (Å²) in [4.78, 5) is 41.9. The molecule has 1 atom stereocenters. The molecule has 2 aliphatic rings. The second-order valence-electron chi connectivity index (χ2n) is 7.48. The summed E-state index contributed by atoms with van der Waals surface area (Å²) in [6, 6.07) is 1.31. The molecule has 6 heteroatoms. The quantitative estimate of drug-likeness (QED) is 0.837. The maximum absolute atomic E-state index is 12.7. The zero-order valence-corrected chi connectivity index (χ0v) is 13.7. The highest BCUT2D eigenvalue weighted by Gasteiger charge is 2.39. The van der Waals surface area contributed by atoms with Crippen LogP contribution in [0.4, 0.5) is 0 Å². The molecule has 1 aromatic rings. The van der Waals surface area contributed by atoms with Crippen LogP contribution < -0.4 is 5.32 Å². The Morgan fingerprint density at radius 3 is 2.70 bits per heavy atom. The number of fused-ring (bicyclic) bond motifs is 1. The molecular weight excluding hydrogens is 294 g/mol. The smallest absolute Gasteiger partial charge is 0.256 e. The highest BCUT2D eigenvalue weighted by molar-refractivity contribution is 6.05. The molecule has 1 aromatic heterocycles. The number of carbonyl (C=O) groups excluding carboxylic acids is 3. The van der Waals surface area contributed by atoms with Crippen molar-refractivity contribution in [3.8, 4) is 0 Å². The number of hydrogen-bond donors (Lipinski definition) is 1. The third-order valence-corrected chi connectivity index (χ3v) is 4.16. The number of rotatable bonds is 2. The first kappa shape index (κ1) is 15.6. The fourth-order valence-corrected chi connectivity index (χ4v) is 3.18. The predicted molar refractivity (Wildman–Crippen MR) is 83.4 cm³/mol. The number of nitrogens with zero attached hydrogens (tertiary/aromatic N) is 2. The predicted octanol–water partition coefficient (Wildman–Crippen LogP) is 1.43. The van der Waals surface area contributed by atoms with Gasteiger partial charge < -0.3 is 4.90 Å². The van der Waals surface area contributed by atoms with Crippen LogP contribution in [0.2, 0.25) is 0 Å². The third kappa shape index (κ3) is 3.11. The summed E-state index contributed by atoms with van der Waals surface area (Å²) in [5, 5.41) is 2.30. The zero-order chi connectivity index (χ0) is 16.8. The van der Waals surface area contributed by atoms with Crippen molar-refractivity contribution in [2.75, 3.05) is 0 Å². The van der Waals surface area contributed by atoms with E-state index in [9.17, 15) is 14.4 Å². The molecular formula is C17H21N3O3. The molecule has 1 fully saturated rings. The lowest BCUT2D eigenvalue weighted by molar-refractivity contribution is -0.136. The van der Waals surface area contributed by atoms with Gasteiger partial charge in [0.2, 0.25) is 11.8 Å². The molecule has 0 radical (unpaired) electrons. The number of aromatic nitrogens is 1. The monoisotopic (exact) mass is 315 g/mol.